The van der Waals surface area contributed by atoms with Gasteiger partial charge in [-0.05, 0) is 53.4 Å². The minimum Gasteiger partial charge on any atom is -0.467 e. The molecule has 3 rings (SSSR count). The number of esters is 1. The van der Waals surface area contributed by atoms with Gasteiger partial charge in [0.15, 0.2) is 0 Å². The van der Waals surface area contributed by atoms with Crippen LogP contribution in [-0.4, -0.2) is 25.0 Å². The zero-order chi connectivity index (χ0) is 19.4. The number of aryl methyl sites for hydroxylation is 2. The number of methoxy groups -OCH3 is 1. The van der Waals surface area contributed by atoms with Crippen molar-refractivity contribution in [1.29, 1.82) is 0 Å². The molecule has 4 nitrogen and oxygen atoms in total. The van der Waals surface area contributed by atoms with Gasteiger partial charge in [-0.3, -0.25) is 4.79 Å². The Balaban J connectivity index is 1.81. The van der Waals surface area contributed by atoms with Crippen LogP contribution < -0.4 is 5.32 Å². The number of rotatable bonds is 5. The van der Waals surface area contributed by atoms with Crippen LogP contribution in [0.25, 0.3) is 10.8 Å². The predicted molar refractivity (Wildman–Crippen MR) is 107 cm³/mol. The molecule has 0 saturated heterocycles. The first-order chi connectivity index (χ1) is 13.0. The quantitative estimate of drug-likeness (QED) is 0.700. The molecule has 3 aromatic carbocycles. The Morgan fingerprint density at radius 2 is 1.67 bits per heavy atom. The highest BCUT2D eigenvalue weighted by atomic mass is 16.5. The molecule has 0 radical (unpaired) electrons. The molecule has 0 aliphatic rings. The molecule has 0 aliphatic heterocycles. The van der Waals surface area contributed by atoms with Crippen LogP contribution in [0.1, 0.15) is 27.0 Å². The minimum atomic E-state index is -0.740. The first-order valence-corrected chi connectivity index (χ1v) is 8.91. The summed E-state index contributed by atoms with van der Waals surface area (Å²) < 4.78 is 4.89. The number of amides is 1. The van der Waals surface area contributed by atoms with Crippen molar-refractivity contribution in [2.24, 2.45) is 0 Å². The van der Waals surface area contributed by atoms with Gasteiger partial charge < -0.3 is 10.1 Å². The molecule has 0 aliphatic carbocycles. The summed E-state index contributed by atoms with van der Waals surface area (Å²) in [5.74, 6) is -0.748. The summed E-state index contributed by atoms with van der Waals surface area (Å²) in [5.41, 5.74) is 3.83. The van der Waals surface area contributed by atoms with E-state index in [1.54, 1.807) is 6.07 Å². The molecule has 1 atom stereocenters. The van der Waals surface area contributed by atoms with E-state index in [2.05, 4.69) is 5.32 Å². The van der Waals surface area contributed by atoms with E-state index in [0.717, 1.165) is 21.9 Å². The highest BCUT2D eigenvalue weighted by Gasteiger charge is 2.23. The second-order valence-corrected chi connectivity index (χ2v) is 6.73. The van der Waals surface area contributed by atoms with E-state index in [1.165, 1.54) is 12.7 Å². The number of carbonyl (C=O) groups is 2. The van der Waals surface area contributed by atoms with Gasteiger partial charge in [0.25, 0.3) is 5.91 Å². The molecule has 0 heterocycles. The number of hydrogen-bond donors (Lipinski definition) is 1. The van der Waals surface area contributed by atoms with Crippen LogP contribution in [0.15, 0.2) is 60.7 Å². The fourth-order valence-electron chi connectivity index (χ4n) is 3.07. The maximum Gasteiger partial charge on any atom is 0.328 e. The number of nitrogens with one attached hydrogen (secondary N) is 1. The van der Waals surface area contributed by atoms with Crippen LogP contribution in [0, 0.1) is 13.8 Å². The molecular weight excluding hydrogens is 338 g/mol. The van der Waals surface area contributed by atoms with Crippen molar-refractivity contribution in [3.05, 3.63) is 82.9 Å². The molecule has 0 fully saturated rings. The third-order valence-corrected chi connectivity index (χ3v) is 4.81. The topological polar surface area (TPSA) is 55.4 Å². The molecule has 1 amide bonds. The summed E-state index contributed by atoms with van der Waals surface area (Å²) in [4.78, 5) is 24.9. The van der Waals surface area contributed by atoms with Crippen molar-refractivity contribution in [1.82, 2.24) is 5.32 Å². The Labute approximate surface area is 159 Å². The smallest absolute Gasteiger partial charge is 0.328 e. The number of hydrogen-bond acceptors (Lipinski definition) is 3. The van der Waals surface area contributed by atoms with Crippen molar-refractivity contribution in [3.63, 3.8) is 0 Å². The number of ether oxygens (including phenoxy) is 1. The average molecular weight is 361 g/mol. The van der Waals surface area contributed by atoms with Crippen LogP contribution in [0.4, 0.5) is 0 Å². The van der Waals surface area contributed by atoms with Crippen LogP contribution in [0.5, 0.6) is 0 Å². The maximum absolute atomic E-state index is 12.7. The fraction of sp³-hybridized carbons (Fsp3) is 0.217. The van der Waals surface area contributed by atoms with Gasteiger partial charge in [0.1, 0.15) is 6.04 Å². The number of benzene rings is 3. The van der Waals surface area contributed by atoms with Gasteiger partial charge in [0.2, 0.25) is 0 Å². The Bertz CT molecular complexity index is 994. The summed E-state index contributed by atoms with van der Waals surface area (Å²) in [6.45, 7) is 4.07. The maximum atomic E-state index is 12.7. The standard InChI is InChI=1S/C23H23NO3/c1-15-8-9-17(12-16(15)2)13-21(23(26)27-3)24-22(25)20-11-10-18-6-4-5-7-19(18)14-20/h4-12,14,21H,13H2,1-3H3,(H,24,25)/t21-/m0/s1. The zero-order valence-corrected chi connectivity index (χ0v) is 15.8. The summed E-state index contributed by atoms with van der Waals surface area (Å²) in [6.07, 6.45) is 0.382. The molecule has 0 unspecified atom stereocenters. The molecule has 0 aromatic heterocycles. The predicted octanol–water partition coefficient (Wildman–Crippen LogP) is 3.97. The molecule has 27 heavy (non-hydrogen) atoms. The van der Waals surface area contributed by atoms with E-state index in [0.29, 0.717) is 12.0 Å². The van der Waals surface area contributed by atoms with E-state index in [-0.39, 0.29) is 5.91 Å². The van der Waals surface area contributed by atoms with Crippen LogP contribution >= 0.6 is 0 Å². The average Bonchev–Trinajstić information content (AvgIpc) is 2.69. The number of fused-ring (bicyclic) bond motifs is 1. The van der Waals surface area contributed by atoms with Gasteiger partial charge in [0.05, 0.1) is 7.11 Å². The minimum absolute atomic E-state index is 0.292. The molecule has 138 valence electrons. The molecule has 0 bridgehead atoms. The monoisotopic (exact) mass is 361 g/mol. The third-order valence-electron chi connectivity index (χ3n) is 4.81. The molecular formula is C23H23NO3. The summed E-state index contributed by atoms with van der Waals surface area (Å²) in [6, 6.07) is 18.6. The lowest BCUT2D eigenvalue weighted by Crippen LogP contribution is -2.43. The van der Waals surface area contributed by atoms with Gasteiger partial charge >= 0.3 is 5.97 Å². The van der Waals surface area contributed by atoms with Crippen molar-refractivity contribution in [2.75, 3.05) is 7.11 Å². The van der Waals surface area contributed by atoms with Gasteiger partial charge in [-0.1, -0.05) is 48.5 Å². The van der Waals surface area contributed by atoms with E-state index < -0.39 is 12.0 Å². The Morgan fingerprint density at radius 1 is 0.926 bits per heavy atom. The van der Waals surface area contributed by atoms with Crippen molar-refractivity contribution >= 4 is 22.6 Å². The van der Waals surface area contributed by atoms with E-state index in [1.807, 2.05) is 68.4 Å². The van der Waals surface area contributed by atoms with Crippen molar-refractivity contribution in [2.45, 2.75) is 26.3 Å². The van der Waals surface area contributed by atoms with Crippen molar-refractivity contribution < 1.29 is 14.3 Å². The highest BCUT2D eigenvalue weighted by Crippen LogP contribution is 2.16. The molecule has 1 N–H and O–H groups in total. The first-order valence-electron chi connectivity index (χ1n) is 8.91. The zero-order valence-electron chi connectivity index (χ0n) is 15.8. The van der Waals surface area contributed by atoms with E-state index in [4.69, 9.17) is 4.74 Å². The van der Waals surface area contributed by atoms with Crippen LogP contribution in [-0.2, 0) is 16.0 Å². The largest absolute Gasteiger partial charge is 0.467 e. The number of carbonyl (C=O) groups excluding carboxylic acids is 2. The Morgan fingerprint density at radius 3 is 2.37 bits per heavy atom. The summed E-state index contributed by atoms with van der Waals surface area (Å²) in [5, 5.41) is 4.86. The van der Waals surface area contributed by atoms with Gasteiger partial charge in [-0.2, -0.15) is 0 Å². The van der Waals surface area contributed by atoms with E-state index >= 15 is 0 Å². The second-order valence-electron chi connectivity index (χ2n) is 6.73. The third kappa shape index (κ3) is 4.34. The Hall–Kier alpha value is -3.14. The Kier molecular flexibility index (Phi) is 5.55. The fourth-order valence-corrected chi connectivity index (χ4v) is 3.07. The SMILES string of the molecule is COC(=O)[C@H](Cc1ccc(C)c(C)c1)NC(=O)c1ccc2ccccc2c1. The lowest BCUT2D eigenvalue weighted by Gasteiger charge is -2.17. The molecule has 0 spiro atoms. The van der Waals surface area contributed by atoms with Gasteiger partial charge in [0, 0.05) is 12.0 Å². The highest BCUT2D eigenvalue weighted by molar-refractivity contribution is 6.00. The van der Waals surface area contributed by atoms with E-state index in [9.17, 15) is 9.59 Å². The lowest BCUT2D eigenvalue weighted by molar-refractivity contribution is -0.142. The van der Waals surface area contributed by atoms with Gasteiger partial charge in [-0.25, -0.2) is 4.79 Å². The second kappa shape index (κ2) is 8.04. The molecule has 4 heteroatoms. The van der Waals surface area contributed by atoms with Crippen LogP contribution in [0.3, 0.4) is 0 Å². The lowest BCUT2D eigenvalue weighted by atomic mass is 10.0. The first kappa shape index (κ1) is 18.6. The normalized spacial score (nSPS) is 11.8. The summed E-state index contributed by atoms with van der Waals surface area (Å²) >= 11 is 0. The van der Waals surface area contributed by atoms with Crippen LogP contribution in [0.2, 0.25) is 0 Å². The molecule has 0 saturated carbocycles. The summed E-state index contributed by atoms with van der Waals surface area (Å²) in [7, 11) is 1.33. The van der Waals surface area contributed by atoms with Gasteiger partial charge in [-0.15, -0.1) is 0 Å². The van der Waals surface area contributed by atoms with Crippen molar-refractivity contribution in [3.8, 4) is 0 Å². The molecule has 3 aromatic rings.